The van der Waals surface area contributed by atoms with Crippen LogP contribution < -0.4 is 0 Å². The molecule has 0 saturated carbocycles. The van der Waals surface area contributed by atoms with Crippen LogP contribution in [-0.4, -0.2) is 0 Å². The average molecular weight is 294 g/mol. The Labute approximate surface area is 86.4 Å². The van der Waals surface area contributed by atoms with Gasteiger partial charge in [0.1, 0.15) is 0 Å². The monoisotopic (exact) mass is 293 g/mol. The molecule has 0 aliphatic carbocycles. The van der Waals surface area contributed by atoms with E-state index in [0.717, 1.165) is 4.89 Å². The fourth-order valence-electron chi connectivity index (χ4n) is 0.794. The van der Waals surface area contributed by atoms with Crippen LogP contribution in [0.5, 0.6) is 0 Å². The van der Waals surface area contributed by atoms with Gasteiger partial charge in [-0.3, -0.25) is 0 Å². The number of halogens is 2. The molecule has 0 heterocycles. The molecule has 0 nitrogen and oxygen atoms in total. The first-order valence-electron chi connectivity index (χ1n) is 3.40. The predicted molar refractivity (Wildman–Crippen MR) is 52.0 cm³/mol. The number of hydrogen-bond acceptors (Lipinski definition) is 0. The number of hydrogen-bond donors (Lipinski definition) is 0. The topological polar surface area (TPSA) is 0 Å². The Morgan fingerprint density at radius 3 is 2.42 bits per heavy atom. The molecule has 1 aromatic rings. The van der Waals surface area contributed by atoms with Crippen LogP contribution in [0.25, 0.3) is 6.08 Å². The van der Waals surface area contributed by atoms with E-state index in [2.05, 4.69) is 0 Å². The summed E-state index contributed by atoms with van der Waals surface area (Å²) in [6, 6.07) is 10.1. The molecule has 0 bridgehead atoms. The fraction of sp³-hybridized carbons (Fsp3) is 0.111. The molecule has 1 rings (SSSR count). The molecular weight excluding hydrogens is 285 g/mol. The van der Waals surface area contributed by atoms with Gasteiger partial charge >= 0.3 is 86.7 Å². The molecule has 0 amide bonds. The summed E-state index contributed by atoms with van der Waals surface area (Å²) in [5.41, 5.74) is 1.19. The summed E-state index contributed by atoms with van der Waals surface area (Å²) in [6.45, 7) is 0. The second kappa shape index (κ2) is 5.78. The van der Waals surface area contributed by atoms with Crippen LogP contribution in [0.1, 0.15) is 5.56 Å². The zero-order valence-corrected chi connectivity index (χ0v) is 9.39. The molecule has 3 heteroatoms. The van der Waals surface area contributed by atoms with E-state index >= 15 is 0 Å². The van der Waals surface area contributed by atoms with E-state index < -0.39 is 14.7 Å². The van der Waals surface area contributed by atoms with Crippen LogP contribution in [0, 0.1) is 0 Å². The Bertz CT molecular complexity index is 244. The summed E-state index contributed by atoms with van der Waals surface area (Å²) in [4.78, 5) is 0.809. The summed E-state index contributed by atoms with van der Waals surface area (Å²) in [5, 5.41) is 0. The van der Waals surface area contributed by atoms with Gasteiger partial charge in [0.15, 0.2) is 0 Å². The molecule has 12 heavy (non-hydrogen) atoms. The molecule has 0 aromatic heterocycles. The van der Waals surface area contributed by atoms with Crippen molar-refractivity contribution in [2.24, 2.45) is 0 Å². The molecule has 0 radical (unpaired) electrons. The molecule has 0 saturated heterocycles. The minimum absolute atomic E-state index is 0.809. The van der Waals surface area contributed by atoms with Crippen LogP contribution in [0.4, 0.5) is 0 Å². The minimum atomic E-state index is -1.27. The molecule has 0 spiro atoms. The number of rotatable bonds is 3. The van der Waals surface area contributed by atoms with Gasteiger partial charge in [-0.25, -0.2) is 0 Å². The first-order chi connectivity index (χ1) is 5.79. The van der Waals surface area contributed by atoms with Crippen molar-refractivity contribution in [1.29, 1.82) is 0 Å². The summed E-state index contributed by atoms with van der Waals surface area (Å²) >= 11 is -1.27. The maximum absolute atomic E-state index is 5.67. The van der Waals surface area contributed by atoms with Gasteiger partial charge in [0, 0.05) is 0 Å². The SMILES string of the molecule is [Cl][Pd]([Cl])[CH2]/C=C/c1ccccc1. The van der Waals surface area contributed by atoms with E-state index in [1.165, 1.54) is 5.56 Å². The average Bonchev–Trinajstić information content (AvgIpc) is 2.05. The summed E-state index contributed by atoms with van der Waals surface area (Å²) in [5.74, 6) is 0. The molecular formula is C9H9Cl2Pd. The third-order valence-corrected chi connectivity index (χ3v) is 3.28. The standard InChI is InChI=1S/C9H9.2ClH.Pd/c1-2-6-9-7-4-3-5-8-9;;;/h2-8H,1H2;2*1H;/q;;;+2/p-2/b6-2+;;;. The summed E-state index contributed by atoms with van der Waals surface area (Å²) in [6.07, 6.45) is 4.06. The van der Waals surface area contributed by atoms with Crippen molar-refractivity contribution in [2.75, 3.05) is 0 Å². The fourth-order valence-corrected chi connectivity index (χ4v) is 1.92. The van der Waals surface area contributed by atoms with E-state index in [0.29, 0.717) is 0 Å². The van der Waals surface area contributed by atoms with Gasteiger partial charge in [-0.15, -0.1) is 0 Å². The van der Waals surface area contributed by atoms with E-state index in [4.69, 9.17) is 19.1 Å². The first-order valence-corrected chi connectivity index (χ1v) is 8.51. The van der Waals surface area contributed by atoms with E-state index in [-0.39, 0.29) is 0 Å². The molecule has 0 atom stereocenters. The van der Waals surface area contributed by atoms with Gasteiger partial charge < -0.3 is 0 Å². The van der Waals surface area contributed by atoms with E-state index in [1.54, 1.807) is 0 Å². The van der Waals surface area contributed by atoms with Gasteiger partial charge in [-0.1, -0.05) is 0 Å². The first kappa shape index (κ1) is 10.3. The van der Waals surface area contributed by atoms with Crippen LogP contribution >= 0.6 is 19.1 Å². The van der Waals surface area contributed by atoms with Crippen molar-refractivity contribution in [1.82, 2.24) is 0 Å². The zero-order valence-electron chi connectivity index (χ0n) is 6.32. The molecule has 1 aromatic carbocycles. The van der Waals surface area contributed by atoms with Gasteiger partial charge in [0.25, 0.3) is 0 Å². The van der Waals surface area contributed by atoms with Crippen molar-refractivity contribution in [2.45, 2.75) is 4.89 Å². The number of allylic oxidation sites excluding steroid dienone is 1. The maximum atomic E-state index is 5.67. The van der Waals surface area contributed by atoms with Crippen molar-refractivity contribution in [3.63, 3.8) is 0 Å². The third kappa shape index (κ3) is 4.28. The molecule has 0 aliphatic heterocycles. The molecule has 0 unspecified atom stereocenters. The second-order valence-corrected chi connectivity index (χ2v) is 7.98. The quantitative estimate of drug-likeness (QED) is 0.738. The van der Waals surface area contributed by atoms with Gasteiger partial charge in [-0.2, -0.15) is 0 Å². The molecule has 0 fully saturated rings. The molecule has 0 aliphatic rings. The normalized spacial score (nSPS) is 12.0. The van der Waals surface area contributed by atoms with Crippen molar-refractivity contribution in [3.05, 3.63) is 42.0 Å². The van der Waals surface area contributed by atoms with Gasteiger partial charge in [0.2, 0.25) is 0 Å². The Balaban J connectivity index is 2.47. The van der Waals surface area contributed by atoms with Gasteiger partial charge in [0.05, 0.1) is 0 Å². The van der Waals surface area contributed by atoms with Crippen molar-refractivity contribution >= 4 is 25.1 Å². The Morgan fingerprint density at radius 2 is 1.83 bits per heavy atom. The molecule has 0 N–H and O–H groups in total. The number of benzene rings is 1. The van der Waals surface area contributed by atoms with Crippen molar-refractivity contribution in [3.8, 4) is 0 Å². The third-order valence-electron chi connectivity index (χ3n) is 1.28. The second-order valence-electron chi connectivity index (χ2n) is 2.16. The Morgan fingerprint density at radius 1 is 1.17 bits per heavy atom. The van der Waals surface area contributed by atoms with Crippen LogP contribution in [0.15, 0.2) is 36.4 Å². The van der Waals surface area contributed by atoms with Crippen LogP contribution in [0.3, 0.4) is 0 Å². The van der Waals surface area contributed by atoms with E-state index in [9.17, 15) is 0 Å². The predicted octanol–water partition coefficient (Wildman–Crippen LogP) is 4.04. The zero-order chi connectivity index (χ0) is 8.81. The Hall–Kier alpha value is 0.202. The summed E-state index contributed by atoms with van der Waals surface area (Å²) in [7, 11) is 11.3. The molecule has 69 valence electrons. The van der Waals surface area contributed by atoms with Crippen LogP contribution in [0.2, 0.25) is 4.89 Å². The summed E-state index contributed by atoms with van der Waals surface area (Å²) < 4.78 is 0. The van der Waals surface area contributed by atoms with Gasteiger partial charge in [-0.05, 0) is 0 Å². The van der Waals surface area contributed by atoms with Crippen molar-refractivity contribution < 1.29 is 14.7 Å². The Kier molecular flexibility index (Phi) is 4.95. The van der Waals surface area contributed by atoms with Crippen LogP contribution in [-0.2, 0) is 14.7 Å². The van der Waals surface area contributed by atoms with E-state index in [1.807, 2.05) is 42.5 Å².